The van der Waals surface area contributed by atoms with Gasteiger partial charge in [-0.25, -0.2) is 4.98 Å². The molecule has 0 radical (unpaired) electrons. The molecular formula is C17H27N3OS. The van der Waals surface area contributed by atoms with Crippen LogP contribution < -0.4 is 0 Å². The molecule has 0 aliphatic carbocycles. The lowest BCUT2D eigenvalue weighted by molar-refractivity contribution is -0.112. The van der Waals surface area contributed by atoms with E-state index in [0.717, 1.165) is 25.4 Å². The van der Waals surface area contributed by atoms with Crippen molar-refractivity contribution in [1.82, 2.24) is 14.8 Å². The van der Waals surface area contributed by atoms with E-state index in [-0.39, 0.29) is 0 Å². The van der Waals surface area contributed by atoms with Gasteiger partial charge in [-0.15, -0.1) is 11.3 Å². The molecule has 4 rings (SSSR count). The second-order valence-electron chi connectivity index (χ2n) is 7.12. The molecule has 3 aliphatic heterocycles. The SMILES string of the molecule is Cc1csc(CN2C[C@@H]3CCCO[C@@H]3[C@H](N3CCCC3)C2)n1. The van der Waals surface area contributed by atoms with Gasteiger partial charge in [-0.2, -0.15) is 0 Å². The molecule has 3 saturated heterocycles. The van der Waals surface area contributed by atoms with Crippen molar-refractivity contribution in [2.45, 2.75) is 51.3 Å². The summed E-state index contributed by atoms with van der Waals surface area (Å²) >= 11 is 1.81. The Hall–Kier alpha value is -0.490. The Balaban J connectivity index is 1.48. The standard InChI is InChI=1S/C17H27N3OS/c1-13-12-22-16(18-13)11-19-9-14-5-4-8-21-17(14)15(10-19)20-6-2-3-7-20/h12,14-15,17H,2-11H2,1H3/t14-,15+,17-/m0/s1. The van der Waals surface area contributed by atoms with Crippen LogP contribution in [0.5, 0.6) is 0 Å². The summed E-state index contributed by atoms with van der Waals surface area (Å²) in [6.07, 6.45) is 5.76. The van der Waals surface area contributed by atoms with Crippen molar-refractivity contribution < 1.29 is 4.74 Å². The van der Waals surface area contributed by atoms with Crippen molar-refractivity contribution in [1.29, 1.82) is 0 Å². The molecule has 22 heavy (non-hydrogen) atoms. The lowest BCUT2D eigenvalue weighted by Crippen LogP contribution is -2.60. The number of fused-ring (bicyclic) bond motifs is 1. The van der Waals surface area contributed by atoms with E-state index in [1.807, 2.05) is 11.3 Å². The van der Waals surface area contributed by atoms with Gasteiger partial charge in [0.05, 0.1) is 12.6 Å². The van der Waals surface area contributed by atoms with E-state index >= 15 is 0 Å². The van der Waals surface area contributed by atoms with Crippen LogP contribution in [-0.2, 0) is 11.3 Å². The van der Waals surface area contributed by atoms with Gasteiger partial charge in [0.1, 0.15) is 5.01 Å². The van der Waals surface area contributed by atoms with Gasteiger partial charge in [0.15, 0.2) is 0 Å². The van der Waals surface area contributed by atoms with E-state index in [4.69, 9.17) is 4.74 Å². The third kappa shape index (κ3) is 3.09. The number of likely N-dealkylation sites (tertiary alicyclic amines) is 2. The number of thiazole rings is 1. The zero-order valence-corrected chi connectivity index (χ0v) is 14.4. The predicted molar refractivity (Wildman–Crippen MR) is 89.2 cm³/mol. The zero-order chi connectivity index (χ0) is 14.9. The van der Waals surface area contributed by atoms with E-state index in [9.17, 15) is 0 Å². The van der Waals surface area contributed by atoms with Crippen LogP contribution in [-0.4, -0.2) is 59.7 Å². The van der Waals surface area contributed by atoms with Gasteiger partial charge >= 0.3 is 0 Å². The number of ether oxygens (including phenoxy) is 1. The summed E-state index contributed by atoms with van der Waals surface area (Å²) in [5.74, 6) is 0.717. The quantitative estimate of drug-likeness (QED) is 0.855. The molecule has 0 saturated carbocycles. The molecule has 0 N–H and O–H groups in total. The van der Waals surface area contributed by atoms with Crippen molar-refractivity contribution in [3.8, 4) is 0 Å². The van der Waals surface area contributed by atoms with Gasteiger partial charge in [-0.1, -0.05) is 0 Å². The molecule has 3 fully saturated rings. The van der Waals surface area contributed by atoms with Gasteiger partial charge < -0.3 is 4.74 Å². The van der Waals surface area contributed by atoms with E-state index in [2.05, 4.69) is 27.1 Å². The molecule has 0 bridgehead atoms. The van der Waals surface area contributed by atoms with Gasteiger partial charge in [0.25, 0.3) is 0 Å². The molecule has 122 valence electrons. The number of hydrogen-bond acceptors (Lipinski definition) is 5. The van der Waals surface area contributed by atoms with Crippen LogP contribution in [0, 0.1) is 12.8 Å². The average Bonchev–Trinajstić information content (AvgIpc) is 3.18. The number of hydrogen-bond donors (Lipinski definition) is 0. The first kappa shape index (κ1) is 15.1. The van der Waals surface area contributed by atoms with Crippen LogP contribution in [0.15, 0.2) is 5.38 Å². The molecule has 5 heteroatoms. The fourth-order valence-electron chi connectivity index (χ4n) is 4.45. The molecule has 0 amide bonds. The van der Waals surface area contributed by atoms with Crippen molar-refractivity contribution in [2.24, 2.45) is 5.92 Å². The highest BCUT2D eigenvalue weighted by Gasteiger charge is 2.42. The molecule has 0 aromatic carbocycles. The highest BCUT2D eigenvalue weighted by atomic mass is 32.1. The van der Waals surface area contributed by atoms with Gasteiger partial charge in [0.2, 0.25) is 0 Å². The van der Waals surface area contributed by atoms with E-state index in [0.29, 0.717) is 18.1 Å². The van der Waals surface area contributed by atoms with Crippen LogP contribution in [0.2, 0.25) is 0 Å². The fraction of sp³-hybridized carbons (Fsp3) is 0.824. The van der Waals surface area contributed by atoms with Crippen molar-refractivity contribution >= 4 is 11.3 Å². The monoisotopic (exact) mass is 321 g/mol. The maximum atomic E-state index is 6.23. The second-order valence-corrected chi connectivity index (χ2v) is 8.07. The molecule has 1 aromatic heterocycles. The van der Waals surface area contributed by atoms with E-state index in [1.165, 1.54) is 50.3 Å². The molecular weight excluding hydrogens is 294 g/mol. The second kappa shape index (κ2) is 6.56. The summed E-state index contributed by atoms with van der Waals surface area (Å²) in [6.45, 7) is 8.95. The van der Waals surface area contributed by atoms with E-state index < -0.39 is 0 Å². The number of rotatable bonds is 3. The van der Waals surface area contributed by atoms with Crippen LogP contribution >= 0.6 is 11.3 Å². The molecule has 0 spiro atoms. The number of aryl methyl sites for hydroxylation is 1. The number of aromatic nitrogens is 1. The van der Waals surface area contributed by atoms with Crippen molar-refractivity contribution in [3.05, 3.63) is 16.1 Å². The molecule has 1 aromatic rings. The van der Waals surface area contributed by atoms with Crippen molar-refractivity contribution in [2.75, 3.05) is 32.8 Å². The zero-order valence-electron chi connectivity index (χ0n) is 13.5. The highest BCUT2D eigenvalue weighted by Crippen LogP contribution is 2.33. The molecule has 3 aliphatic rings. The Bertz CT molecular complexity index is 500. The molecule has 3 atom stereocenters. The van der Waals surface area contributed by atoms with Crippen LogP contribution in [0.25, 0.3) is 0 Å². The maximum Gasteiger partial charge on any atom is 0.107 e. The highest BCUT2D eigenvalue weighted by molar-refractivity contribution is 7.09. The molecule has 4 heterocycles. The fourth-order valence-corrected chi connectivity index (χ4v) is 5.27. The first-order valence-electron chi connectivity index (χ1n) is 8.78. The lowest BCUT2D eigenvalue weighted by atomic mass is 9.85. The smallest absolute Gasteiger partial charge is 0.107 e. The van der Waals surface area contributed by atoms with Gasteiger partial charge in [0, 0.05) is 36.8 Å². The third-order valence-electron chi connectivity index (χ3n) is 5.45. The average molecular weight is 321 g/mol. The minimum atomic E-state index is 0.473. The summed E-state index contributed by atoms with van der Waals surface area (Å²) in [6, 6.07) is 0.600. The first-order chi connectivity index (χ1) is 10.8. The van der Waals surface area contributed by atoms with Crippen LogP contribution in [0.1, 0.15) is 36.4 Å². The van der Waals surface area contributed by atoms with Crippen LogP contribution in [0.4, 0.5) is 0 Å². The van der Waals surface area contributed by atoms with Crippen LogP contribution in [0.3, 0.4) is 0 Å². The van der Waals surface area contributed by atoms with Gasteiger partial charge in [-0.05, 0) is 51.6 Å². The normalized spacial score (nSPS) is 34.0. The minimum Gasteiger partial charge on any atom is -0.376 e. The topological polar surface area (TPSA) is 28.6 Å². The summed E-state index contributed by atoms with van der Waals surface area (Å²) in [4.78, 5) is 10.00. The minimum absolute atomic E-state index is 0.473. The Labute approximate surface area is 137 Å². The number of piperidine rings is 1. The summed E-state index contributed by atoms with van der Waals surface area (Å²) in [7, 11) is 0. The van der Waals surface area contributed by atoms with Crippen molar-refractivity contribution in [3.63, 3.8) is 0 Å². The molecule has 0 unspecified atom stereocenters. The van der Waals surface area contributed by atoms with E-state index in [1.54, 1.807) is 0 Å². The maximum absolute atomic E-state index is 6.23. The first-order valence-corrected chi connectivity index (χ1v) is 9.66. The number of nitrogens with zero attached hydrogens (tertiary/aromatic N) is 3. The largest absolute Gasteiger partial charge is 0.376 e. The Morgan fingerprint density at radius 1 is 1.27 bits per heavy atom. The lowest BCUT2D eigenvalue weighted by Gasteiger charge is -2.48. The summed E-state index contributed by atoms with van der Waals surface area (Å²) in [5.41, 5.74) is 1.16. The Morgan fingerprint density at radius 2 is 2.14 bits per heavy atom. The Morgan fingerprint density at radius 3 is 2.91 bits per heavy atom. The summed E-state index contributed by atoms with van der Waals surface area (Å²) < 4.78 is 6.23. The van der Waals surface area contributed by atoms with Gasteiger partial charge in [-0.3, -0.25) is 9.80 Å². The Kier molecular flexibility index (Phi) is 4.49. The summed E-state index contributed by atoms with van der Waals surface area (Å²) in [5, 5.41) is 3.44. The third-order valence-corrected chi connectivity index (χ3v) is 6.40. The molecule has 4 nitrogen and oxygen atoms in total. The predicted octanol–water partition coefficient (Wildman–Crippen LogP) is 2.53.